The standard InChI is InChI=1S/C23H18ClN3O3S/c1-30-23(29)27-22(31)26-19-12-9-16(21(28)15-5-3-2-4-6-15)13-18(19)20(25)14-7-10-17(24)11-8-14/h2-13,25H,1H3,(H2,26,27,29,31). The first-order chi connectivity index (χ1) is 14.9. The van der Waals surface area contributed by atoms with E-state index < -0.39 is 6.09 Å². The van der Waals surface area contributed by atoms with Gasteiger partial charge in [0.25, 0.3) is 0 Å². The Bertz CT molecular complexity index is 1150. The van der Waals surface area contributed by atoms with Gasteiger partial charge in [0.15, 0.2) is 10.9 Å². The molecule has 3 N–H and O–H groups in total. The molecule has 0 aliphatic heterocycles. The number of nitrogens with one attached hydrogen (secondary N) is 3. The number of rotatable bonds is 5. The predicted octanol–water partition coefficient (Wildman–Crippen LogP) is 5.04. The van der Waals surface area contributed by atoms with E-state index in [9.17, 15) is 9.59 Å². The maximum atomic E-state index is 12.9. The minimum Gasteiger partial charge on any atom is -0.453 e. The number of ketones is 1. The molecule has 0 saturated heterocycles. The van der Waals surface area contributed by atoms with E-state index in [1.54, 1.807) is 66.7 Å². The van der Waals surface area contributed by atoms with Crippen molar-refractivity contribution in [3.8, 4) is 0 Å². The molecule has 0 radical (unpaired) electrons. The van der Waals surface area contributed by atoms with Crippen LogP contribution in [0.25, 0.3) is 0 Å². The van der Waals surface area contributed by atoms with Crippen molar-refractivity contribution in [3.05, 3.63) is 100 Å². The summed E-state index contributed by atoms with van der Waals surface area (Å²) in [5.41, 5.74) is 2.59. The first kappa shape index (κ1) is 22.1. The third kappa shape index (κ3) is 5.53. The predicted molar refractivity (Wildman–Crippen MR) is 125 cm³/mol. The van der Waals surface area contributed by atoms with Crippen LogP contribution in [0.3, 0.4) is 0 Å². The van der Waals surface area contributed by atoms with E-state index in [0.29, 0.717) is 33.0 Å². The molecule has 156 valence electrons. The maximum absolute atomic E-state index is 12.9. The first-order valence-corrected chi connectivity index (χ1v) is 9.92. The summed E-state index contributed by atoms with van der Waals surface area (Å²) in [6, 6.07) is 20.6. The van der Waals surface area contributed by atoms with Crippen LogP contribution in [0.1, 0.15) is 27.0 Å². The van der Waals surface area contributed by atoms with Crippen LogP contribution < -0.4 is 10.6 Å². The lowest BCUT2D eigenvalue weighted by Gasteiger charge is -2.15. The van der Waals surface area contributed by atoms with Crippen molar-refractivity contribution in [2.45, 2.75) is 0 Å². The molecule has 31 heavy (non-hydrogen) atoms. The van der Waals surface area contributed by atoms with E-state index in [-0.39, 0.29) is 16.6 Å². The lowest BCUT2D eigenvalue weighted by atomic mass is 9.95. The van der Waals surface area contributed by atoms with Crippen molar-refractivity contribution in [2.24, 2.45) is 0 Å². The highest BCUT2D eigenvalue weighted by Crippen LogP contribution is 2.24. The topological polar surface area (TPSA) is 91.3 Å². The highest BCUT2D eigenvalue weighted by atomic mass is 35.5. The molecule has 3 aromatic rings. The number of hydrogen-bond donors (Lipinski definition) is 3. The molecule has 3 aromatic carbocycles. The number of ether oxygens (including phenoxy) is 1. The highest BCUT2D eigenvalue weighted by Gasteiger charge is 2.17. The van der Waals surface area contributed by atoms with E-state index >= 15 is 0 Å². The van der Waals surface area contributed by atoms with Gasteiger partial charge >= 0.3 is 6.09 Å². The number of benzene rings is 3. The Balaban J connectivity index is 2.00. The summed E-state index contributed by atoms with van der Waals surface area (Å²) in [6.07, 6.45) is -0.720. The number of alkyl carbamates (subject to hydrolysis) is 1. The van der Waals surface area contributed by atoms with Gasteiger partial charge in [0.05, 0.1) is 12.8 Å². The molecule has 0 atom stereocenters. The molecule has 3 rings (SSSR count). The Labute approximate surface area is 189 Å². The van der Waals surface area contributed by atoms with Gasteiger partial charge < -0.3 is 10.1 Å². The van der Waals surface area contributed by atoms with Gasteiger partial charge in [0.1, 0.15) is 0 Å². The highest BCUT2D eigenvalue weighted by molar-refractivity contribution is 7.80. The number of carbonyl (C=O) groups excluding carboxylic acids is 2. The van der Waals surface area contributed by atoms with Crippen LogP contribution in [0, 0.1) is 5.41 Å². The van der Waals surface area contributed by atoms with Crippen LogP contribution in [0.2, 0.25) is 5.02 Å². The number of amides is 1. The Morgan fingerprint density at radius 3 is 2.23 bits per heavy atom. The molecule has 0 unspecified atom stereocenters. The van der Waals surface area contributed by atoms with Gasteiger partial charge in [-0.2, -0.15) is 0 Å². The van der Waals surface area contributed by atoms with Crippen molar-refractivity contribution in [1.29, 1.82) is 5.41 Å². The van der Waals surface area contributed by atoms with E-state index in [4.69, 9.17) is 29.2 Å². The van der Waals surface area contributed by atoms with Gasteiger partial charge in [-0.25, -0.2) is 4.79 Å². The summed E-state index contributed by atoms with van der Waals surface area (Å²) >= 11 is 11.1. The molecule has 0 bridgehead atoms. The lowest BCUT2D eigenvalue weighted by Crippen LogP contribution is -2.34. The van der Waals surface area contributed by atoms with Crippen LogP contribution in [0.4, 0.5) is 10.5 Å². The largest absolute Gasteiger partial charge is 0.453 e. The summed E-state index contributed by atoms with van der Waals surface area (Å²) in [5, 5.41) is 14.5. The van der Waals surface area contributed by atoms with Crippen molar-refractivity contribution in [1.82, 2.24) is 5.32 Å². The zero-order chi connectivity index (χ0) is 22.4. The van der Waals surface area contributed by atoms with Crippen LogP contribution in [0.15, 0.2) is 72.8 Å². The molecule has 0 heterocycles. The fourth-order valence-electron chi connectivity index (χ4n) is 2.83. The van der Waals surface area contributed by atoms with Gasteiger partial charge in [0, 0.05) is 33.0 Å². The third-order valence-corrected chi connectivity index (χ3v) is 4.83. The van der Waals surface area contributed by atoms with E-state index in [1.807, 2.05) is 6.07 Å². The molecule has 0 fully saturated rings. The van der Waals surface area contributed by atoms with Crippen molar-refractivity contribution in [2.75, 3.05) is 12.4 Å². The van der Waals surface area contributed by atoms with Crippen molar-refractivity contribution >= 4 is 52.2 Å². The van der Waals surface area contributed by atoms with Crippen LogP contribution in [-0.4, -0.2) is 29.8 Å². The number of carbonyl (C=O) groups is 2. The Kier molecular flexibility index (Phi) is 7.12. The summed E-state index contributed by atoms with van der Waals surface area (Å²) in [6.45, 7) is 0. The van der Waals surface area contributed by atoms with Crippen LogP contribution in [0.5, 0.6) is 0 Å². The van der Waals surface area contributed by atoms with Gasteiger partial charge in [-0.15, -0.1) is 0 Å². The SMILES string of the molecule is COC(=O)NC(=S)Nc1ccc(C(=O)c2ccccc2)cc1C(=N)c1ccc(Cl)cc1. The summed E-state index contributed by atoms with van der Waals surface area (Å²) in [5.74, 6) is -0.174. The molecule has 6 nitrogen and oxygen atoms in total. The fraction of sp³-hybridized carbons (Fsp3) is 0.0435. The van der Waals surface area contributed by atoms with Gasteiger partial charge in [-0.3, -0.25) is 15.5 Å². The van der Waals surface area contributed by atoms with Crippen molar-refractivity contribution < 1.29 is 14.3 Å². The van der Waals surface area contributed by atoms with Gasteiger partial charge in [-0.05, 0) is 42.5 Å². The van der Waals surface area contributed by atoms with E-state index in [2.05, 4.69) is 15.4 Å². The molecule has 8 heteroatoms. The second-order valence-corrected chi connectivity index (χ2v) is 7.25. The normalized spacial score (nSPS) is 10.1. The minimum atomic E-state index is -0.720. The molecule has 0 aliphatic rings. The second kappa shape index (κ2) is 9.97. The molecule has 0 aliphatic carbocycles. The zero-order valence-corrected chi connectivity index (χ0v) is 18.0. The molecule has 0 aromatic heterocycles. The number of methoxy groups -OCH3 is 1. The van der Waals surface area contributed by atoms with Crippen molar-refractivity contribution in [3.63, 3.8) is 0 Å². The summed E-state index contributed by atoms with van der Waals surface area (Å²) < 4.78 is 4.54. The molecular formula is C23H18ClN3O3S. The smallest absolute Gasteiger partial charge is 0.413 e. The van der Waals surface area contributed by atoms with E-state index in [1.165, 1.54) is 7.11 Å². The first-order valence-electron chi connectivity index (χ1n) is 9.13. The van der Waals surface area contributed by atoms with Crippen LogP contribution >= 0.6 is 23.8 Å². The average Bonchev–Trinajstić information content (AvgIpc) is 2.79. The Morgan fingerprint density at radius 2 is 1.58 bits per heavy atom. The Hall–Kier alpha value is -3.55. The number of thiocarbonyl (C=S) groups is 1. The minimum absolute atomic E-state index is 0.000794. The maximum Gasteiger partial charge on any atom is 0.413 e. The Morgan fingerprint density at radius 1 is 0.935 bits per heavy atom. The quantitative estimate of drug-likeness (QED) is 0.287. The van der Waals surface area contributed by atoms with Crippen LogP contribution in [-0.2, 0) is 4.74 Å². The van der Waals surface area contributed by atoms with E-state index in [0.717, 1.165) is 0 Å². The number of anilines is 1. The van der Waals surface area contributed by atoms with Gasteiger partial charge in [-0.1, -0.05) is 54.1 Å². The molecule has 0 spiro atoms. The number of hydrogen-bond acceptors (Lipinski definition) is 5. The monoisotopic (exact) mass is 451 g/mol. The third-order valence-electron chi connectivity index (χ3n) is 4.37. The molecule has 1 amide bonds. The number of halogens is 1. The molecular weight excluding hydrogens is 434 g/mol. The lowest BCUT2D eigenvalue weighted by molar-refractivity contribution is 0.103. The second-order valence-electron chi connectivity index (χ2n) is 6.41. The zero-order valence-electron chi connectivity index (χ0n) is 16.4. The summed E-state index contributed by atoms with van der Waals surface area (Å²) in [7, 11) is 1.23. The summed E-state index contributed by atoms with van der Waals surface area (Å²) in [4.78, 5) is 24.3. The molecule has 0 saturated carbocycles. The fourth-order valence-corrected chi connectivity index (χ4v) is 3.15. The average molecular weight is 452 g/mol. The van der Waals surface area contributed by atoms with Gasteiger partial charge in [0.2, 0.25) is 0 Å².